The second kappa shape index (κ2) is 8.03. The minimum absolute atomic E-state index is 0.0594. The van der Waals surface area contributed by atoms with E-state index in [1.165, 1.54) is 19.3 Å². The first-order valence-electron chi connectivity index (χ1n) is 7.83. The molecule has 0 aliphatic carbocycles. The molecule has 0 radical (unpaired) electrons. The van der Waals surface area contributed by atoms with Crippen LogP contribution in [0, 0.1) is 0 Å². The maximum atomic E-state index is 12.0. The van der Waals surface area contributed by atoms with Crippen LogP contribution in [0.15, 0.2) is 24.3 Å². The number of methoxy groups -OCH3 is 1. The van der Waals surface area contributed by atoms with Gasteiger partial charge in [0.05, 0.1) is 13.5 Å². The fourth-order valence-electron chi connectivity index (χ4n) is 2.91. The van der Waals surface area contributed by atoms with Gasteiger partial charge < -0.3 is 10.1 Å². The summed E-state index contributed by atoms with van der Waals surface area (Å²) in [5, 5.41) is 3.01. The molecule has 0 aromatic heterocycles. The number of hydrogen-bond acceptors (Lipinski definition) is 3. The lowest BCUT2D eigenvalue weighted by molar-refractivity contribution is -0.120. The maximum absolute atomic E-state index is 12.0. The van der Waals surface area contributed by atoms with Gasteiger partial charge in [0.25, 0.3) is 0 Å². The minimum Gasteiger partial charge on any atom is -0.496 e. The Hall–Kier alpha value is -1.55. The standard InChI is InChI=1S/C17H26N2O2/c1-14-7-5-6-11-19(14)12-10-18-17(20)13-15-8-3-4-9-16(15)21-2/h3-4,8-9,14H,5-7,10-13H2,1-2H3,(H,18,20)/t14-/m1/s1. The molecule has 1 fully saturated rings. The molecule has 1 amide bonds. The highest BCUT2D eigenvalue weighted by molar-refractivity contribution is 5.79. The number of carbonyl (C=O) groups excluding carboxylic acids is 1. The molecule has 1 atom stereocenters. The molecule has 1 N–H and O–H groups in total. The molecule has 1 aliphatic rings. The second-order valence-corrected chi connectivity index (χ2v) is 5.72. The Morgan fingerprint density at radius 2 is 2.19 bits per heavy atom. The highest BCUT2D eigenvalue weighted by Crippen LogP contribution is 2.18. The highest BCUT2D eigenvalue weighted by atomic mass is 16.5. The number of amides is 1. The first-order chi connectivity index (χ1) is 10.2. The predicted molar refractivity (Wildman–Crippen MR) is 84.6 cm³/mol. The third kappa shape index (κ3) is 4.74. The van der Waals surface area contributed by atoms with Gasteiger partial charge in [0.2, 0.25) is 5.91 Å². The van der Waals surface area contributed by atoms with Gasteiger partial charge in [0.15, 0.2) is 0 Å². The van der Waals surface area contributed by atoms with Gasteiger partial charge in [-0.15, -0.1) is 0 Å². The van der Waals surface area contributed by atoms with Crippen LogP contribution in [0.5, 0.6) is 5.75 Å². The van der Waals surface area contributed by atoms with Gasteiger partial charge in [-0.2, -0.15) is 0 Å². The van der Waals surface area contributed by atoms with Gasteiger partial charge in [0.1, 0.15) is 5.75 Å². The molecule has 4 nitrogen and oxygen atoms in total. The van der Waals surface area contributed by atoms with Gasteiger partial charge in [-0.25, -0.2) is 0 Å². The zero-order valence-electron chi connectivity index (χ0n) is 13.1. The molecule has 0 spiro atoms. The van der Waals surface area contributed by atoms with Gasteiger partial charge in [-0.05, 0) is 32.4 Å². The molecule has 1 aliphatic heterocycles. The predicted octanol–water partition coefficient (Wildman–Crippen LogP) is 2.23. The van der Waals surface area contributed by atoms with E-state index in [2.05, 4.69) is 17.1 Å². The van der Waals surface area contributed by atoms with Crippen LogP contribution in [0.1, 0.15) is 31.7 Å². The van der Waals surface area contributed by atoms with E-state index < -0.39 is 0 Å². The lowest BCUT2D eigenvalue weighted by atomic mass is 10.0. The normalized spacial score (nSPS) is 19.2. The average Bonchev–Trinajstić information content (AvgIpc) is 2.50. The summed E-state index contributed by atoms with van der Waals surface area (Å²) in [6.07, 6.45) is 4.26. The topological polar surface area (TPSA) is 41.6 Å². The lowest BCUT2D eigenvalue weighted by Gasteiger charge is -2.33. The van der Waals surface area contributed by atoms with Crippen LogP contribution in [0.2, 0.25) is 0 Å². The van der Waals surface area contributed by atoms with E-state index in [0.717, 1.165) is 30.9 Å². The number of rotatable bonds is 6. The molecule has 1 heterocycles. The largest absolute Gasteiger partial charge is 0.496 e. The number of nitrogens with zero attached hydrogens (tertiary/aromatic N) is 1. The van der Waals surface area contributed by atoms with Crippen molar-refractivity contribution in [3.8, 4) is 5.75 Å². The number of carbonyl (C=O) groups is 1. The fraction of sp³-hybridized carbons (Fsp3) is 0.588. The van der Waals surface area contributed by atoms with Crippen molar-refractivity contribution >= 4 is 5.91 Å². The number of benzene rings is 1. The van der Waals surface area contributed by atoms with Gasteiger partial charge in [-0.1, -0.05) is 24.6 Å². The van der Waals surface area contributed by atoms with E-state index in [1.807, 2.05) is 24.3 Å². The Bertz CT molecular complexity index is 462. The van der Waals surface area contributed by atoms with Gasteiger partial charge >= 0.3 is 0 Å². The third-order valence-electron chi connectivity index (χ3n) is 4.21. The minimum atomic E-state index is 0.0594. The number of ether oxygens (including phenoxy) is 1. The van der Waals surface area contributed by atoms with Crippen LogP contribution >= 0.6 is 0 Å². The van der Waals surface area contributed by atoms with E-state index in [-0.39, 0.29) is 5.91 Å². The fourth-order valence-corrected chi connectivity index (χ4v) is 2.91. The first-order valence-corrected chi connectivity index (χ1v) is 7.83. The number of hydrogen-bond donors (Lipinski definition) is 1. The summed E-state index contributed by atoms with van der Waals surface area (Å²) >= 11 is 0. The number of para-hydroxylation sites is 1. The SMILES string of the molecule is COc1ccccc1CC(=O)NCCN1CCCC[C@H]1C. The molecule has 1 saturated heterocycles. The summed E-state index contributed by atoms with van der Waals surface area (Å²) in [6, 6.07) is 8.31. The monoisotopic (exact) mass is 290 g/mol. The van der Waals surface area contributed by atoms with Crippen molar-refractivity contribution in [2.75, 3.05) is 26.7 Å². The lowest BCUT2D eigenvalue weighted by Crippen LogP contribution is -2.42. The van der Waals surface area contributed by atoms with E-state index in [9.17, 15) is 4.79 Å². The van der Waals surface area contributed by atoms with Crippen LogP contribution < -0.4 is 10.1 Å². The number of piperidine rings is 1. The number of likely N-dealkylation sites (tertiary alicyclic amines) is 1. The summed E-state index contributed by atoms with van der Waals surface area (Å²) < 4.78 is 5.27. The molecule has 21 heavy (non-hydrogen) atoms. The van der Waals surface area contributed by atoms with E-state index in [0.29, 0.717) is 12.5 Å². The van der Waals surface area contributed by atoms with Crippen LogP contribution in [-0.2, 0) is 11.2 Å². The summed E-state index contributed by atoms with van der Waals surface area (Å²) in [5.74, 6) is 0.835. The molecule has 4 heteroatoms. The molecule has 0 bridgehead atoms. The Morgan fingerprint density at radius 1 is 1.38 bits per heavy atom. The van der Waals surface area contributed by atoms with Crippen LogP contribution in [0.3, 0.4) is 0 Å². The van der Waals surface area contributed by atoms with Crippen molar-refractivity contribution in [3.63, 3.8) is 0 Å². The van der Waals surface area contributed by atoms with Crippen LogP contribution in [-0.4, -0.2) is 43.6 Å². The second-order valence-electron chi connectivity index (χ2n) is 5.72. The van der Waals surface area contributed by atoms with Crippen molar-refractivity contribution in [2.24, 2.45) is 0 Å². The molecule has 1 aromatic rings. The third-order valence-corrected chi connectivity index (χ3v) is 4.21. The van der Waals surface area contributed by atoms with Crippen molar-refractivity contribution in [1.29, 1.82) is 0 Å². The Labute approximate surface area is 127 Å². The molecule has 1 aromatic carbocycles. The molecule has 116 valence electrons. The van der Waals surface area contributed by atoms with E-state index >= 15 is 0 Å². The Balaban J connectivity index is 1.74. The van der Waals surface area contributed by atoms with Crippen LogP contribution in [0.4, 0.5) is 0 Å². The Kier molecular flexibility index (Phi) is 6.05. The van der Waals surface area contributed by atoms with Gasteiger partial charge in [0, 0.05) is 24.7 Å². The first kappa shape index (κ1) is 15.8. The smallest absolute Gasteiger partial charge is 0.224 e. The molecular formula is C17H26N2O2. The van der Waals surface area contributed by atoms with Crippen molar-refractivity contribution < 1.29 is 9.53 Å². The Morgan fingerprint density at radius 3 is 2.95 bits per heavy atom. The summed E-state index contributed by atoms with van der Waals surface area (Å²) in [4.78, 5) is 14.5. The quantitative estimate of drug-likeness (QED) is 0.873. The van der Waals surface area contributed by atoms with E-state index in [1.54, 1.807) is 7.11 Å². The molecule has 0 saturated carbocycles. The summed E-state index contributed by atoms with van der Waals surface area (Å²) in [5.41, 5.74) is 0.934. The zero-order chi connectivity index (χ0) is 15.1. The van der Waals surface area contributed by atoms with E-state index in [4.69, 9.17) is 4.74 Å². The number of nitrogens with one attached hydrogen (secondary N) is 1. The maximum Gasteiger partial charge on any atom is 0.224 e. The summed E-state index contributed by atoms with van der Waals surface area (Å²) in [7, 11) is 1.63. The van der Waals surface area contributed by atoms with Crippen molar-refractivity contribution in [2.45, 2.75) is 38.6 Å². The average molecular weight is 290 g/mol. The molecule has 0 unspecified atom stereocenters. The van der Waals surface area contributed by atoms with Crippen LogP contribution in [0.25, 0.3) is 0 Å². The molecular weight excluding hydrogens is 264 g/mol. The summed E-state index contributed by atoms with van der Waals surface area (Å²) in [6.45, 7) is 5.09. The zero-order valence-corrected chi connectivity index (χ0v) is 13.1. The van der Waals surface area contributed by atoms with Crippen molar-refractivity contribution in [3.05, 3.63) is 29.8 Å². The van der Waals surface area contributed by atoms with Crippen molar-refractivity contribution in [1.82, 2.24) is 10.2 Å². The highest BCUT2D eigenvalue weighted by Gasteiger charge is 2.17. The molecule has 2 rings (SSSR count). The van der Waals surface area contributed by atoms with Gasteiger partial charge in [-0.3, -0.25) is 9.69 Å².